The van der Waals surface area contributed by atoms with E-state index < -0.39 is 5.60 Å². The average Bonchev–Trinajstić information content (AvgIpc) is 2.24. The molecule has 0 aromatic heterocycles. The van der Waals surface area contributed by atoms with E-state index in [0.717, 1.165) is 22.6 Å². The molecule has 0 aliphatic carbocycles. The van der Waals surface area contributed by atoms with Gasteiger partial charge in [0.2, 0.25) is 0 Å². The first-order valence-corrected chi connectivity index (χ1v) is 5.18. The van der Waals surface area contributed by atoms with Crippen LogP contribution in [0.2, 0.25) is 0 Å². The van der Waals surface area contributed by atoms with Gasteiger partial charge < -0.3 is 15.2 Å². The SMILES string of the molecule is Cc1ccc(C)c2c1OC[C@@](C)(CN)O2. The molecule has 0 amide bonds. The summed E-state index contributed by atoms with van der Waals surface area (Å²) in [5.41, 5.74) is 7.48. The number of ether oxygens (including phenoxy) is 2. The summed E-state index contributed by atoms with van der Waals surface area (Å²) in [6, 6.07) is 4.09. The van der Waals surface area contributed by atoms with E-state index in [-0.39, 0.29) is 0 Å². The van der Waals surface area contributed by atoms with Gasteiger partial charge in [0.25, 0.3) is 0 Å². The van der Waals surface area contributed by atoms with Crippen LogP contribution in [0.15, 0.2) is 12.1 Å². The number of hydrogen-bond acceptors (Lipinski definition) is 3. The monoisotopic (exact) mass is 207 g/mol. The molecule has 0 saturated carbocycles. The maximum atomic E-state index is 5.93. The number of rotatable bonds is 1. The highest BCUT2D eigenvalue weighted by Crippen LogP contribution is 2.40. The van der Waals surface area contributed by atoms with E-state index in [4.69, 9.17) is 15.2 Å². The molecule has 0 radical (unpaired) electrons. The predicted octanol–water partition coefficient (Wildman–Crippen LogP) is 1.79. The average molecular weight is 207 g/mol. The summed E-state index contributed by atoms with van der Waals surface area (Å²) in [6.07, 6.45) is 0. The fraction of sp³-hybridized carbons (Fsp3) is 0.500. The van der Waals surface area contributed by atoms with Gasteiger partial charge in [-0.2, -0.15) is 0 Å². The van der Waals surface area contributed by atoms with Crippen LogP contribution in [-0.4, -0.2) is 18.8 Å². The number of benzene rings is 1. The molecule has 82 valence electrons. The van der Waals surface area contributed by atoms with Gasteiger partial charge in [0.1, 0.15) is 6.61 Å². The first-order valence-electron chi connectivity index (χ1n) is 5.18. The van der Waals surface area contributed by atoms with E-state index in [9.17, 15) is 0 Å². The van der Waals surface area contributed by atoms with Crippen molar-refractivity contribution in [3.05, 3.63) is 23.3 Å². The third kappa shape index (κ3) is 1.67. The van der Waals surface area contributed by atoms with Gasteiger partial charge in [-0.3, -0.25) is 0 Å². The van der Waals surface area contributed by atoms with Gasteiger partial charge in [-0.05, 0) is 31.9 Å². The zero-order chi connectivity index (χ0) is 11.1. The van der Waals surface area contributed by atoms with Crippen LogP contribution in [0, 0.1) is 13.8 Å². The summed E-state index contributed by atoms with van der Waals surface area (Å²) in [4.78, 5) is 0. The molecule has 0 spiro atoms. The van der Waals surface area contributed by atoms with Crippen LogP contribution >= 0.6 is 0 Å². The largest absolute Gasteiger partial charge is 0.485 e. The highest BCUT2D eigenvalue weighted by atomic mass is 16.6. The molecule has 1 heterocycles. The summed E-state index contributed by atoms with van der Waals surface area (Å²) in [7, 11) is 0. The van der Waals surface area contributed by atoms with E-state index in [0.29, 0.717) is 13.2 Å². The van der Waals surface area contributed by atoms with Crippen molar-refractivity contribution in [3.8, 4) is 11.5 Å². The standard InChI is InChI=1S/C12H17NO2/c1-8-4-5-9(2)11-10(8)14-7-12(3,6-13)15-11/h4-5H,6-7,13H2,1-3H3/t12-/m1/s1. The van der Waals surface area contributed by atoms with Crippen LogP contribution in [0.3, 0.4) is 0 Å². The van der Waals surface area contributed by atoms with Gasteiger partial charge in [0.05, 0.1) is 0 Å². The summed E-state index contributed by atoms with van der Waals surface area (Å²) in [6.45, 7) is 6.98. The smallest absolute Gasteiger partial charge is 0.165 e. The molecule has 0 fully saturated rings. The summed E-state index contributed by atoms with van der Waals surface area (Å²) >= 11 is 0. The zero-order valence-electron chi connectivity index (χ0n) is 9.46. The predicted molar refractivity (Wildman–Crippen MR) is 59.5 cm³/mol. The van der Waals surface area contributed by atoms with Crippen LogP contribution in [0.4, 0.5) is 0 Å². The summed E-state index contributed by atoms with van der Waals surface area (Å²) < 4.78 is 11.7. The van der Waals surface area contributed by atoms with Gasteiger partial charge in [-0.1, -0.05) is 12.1 Å². The minimum Gasteiger partial charge on any atom is -0.485 e. The third-order valence-electron chi connectivity index (χ3n) is 2.81. The highest BCUT2D eigenvalue weighted by molar-refractivity contribution is 5.52. The summed E-state index contributed by atoms with van der Waals surface area (Å²) in [5.74, 6) is 1.70. The molecule has 1 aromatic carbocycles. The lowest BCUT2D eigenvalue weighted by molar-refractivity contribution is 0.0122. The van der Waals surface area contributed by atoms with Crippen LogP contribution in [0.1, 0.15) is 18.1 Å². The fourth-order valence-electron chi connectivity index (χ4n) is 1.67. The molecule has 0 unspecified atom stereocenters. The molecule has 3 heteroatoms. The number of aryl methyl sites for hydroxylation is 2. The molecule has 2 N–H and O–H groups in total. The van der Waals surface area contributed by atoms with Crippen molar-refractivity contribution >= 4 is 0 Å². The first-order chi connectivity index (χ1) is 7.06. The molecule has 0 saturated heterocycles. The van der Waals surface area contributed by atoms with Crippen molar-refractivity contribution in [2.24, 2.45) is 5.73 Å². The maximum Gasteiger partial charge on any atom is 0.165 e. The van der Waals surface area contributed by atoms with Crippen molar-refractivity contribution in [1.29, 1.82) is 0 Å². The lowest BCUT2D eigenvalue weighted by Crippen LogP contribution is -2.48. The van der Waals surface area contributed by atoms with Crippen molar-refractivity contribution < 1.29 is 9.47 Å². The van der Waals surface area contributed by atoms with Crippen molar-refractivity contribution in [2.75, 3.05) is 13.2 Å². The van der Waals surface area contributed by atoms with E-state index in [1.807, 2.05) is 32.9 Å². The van der Waals surface area contributed by atoms with E-state index in [1.54, 1.807) is 0 Å². The van der Waals surface area contributed by atoms with Crippen molar-refractivity contribution in [1.82, 2.24) is 0 Å². The first kappa shape index (κ1) is 10.3. The van der Waals surface area contributed by atoms with Crippen molar-refractivity contribution in [2.45, 2.75) is 26.4 Å². The van der Waals surface area contributed by atoms with Crippen LogP contribution < -0.4 is 15.2 Å². The van der Waals surface area contributed by atoms with Gasteiger partial charge in [-0.25, -0.2) is 0 Å². The Bertz CT molecular complexity index is 389. The Morgan fingerprint density at radius 1 is 1.27 bits per heavy atom. The lowest BCUT2D eigenvalue weighted by Gasteiger charge is -2.36. The second-order valence-corrected chi connectivity index (χ2v) is 4.40. The Kier molecular flexibility index (Phi) is 2.35. The summed E-state index contributed by atoms with van der Waals surface area (Å²) in [5, 5.41) is 0. The second-order valence-electron chi connectivity index (χ2n) is 4.40. The fourth-order valence-corrected chi connectivity index (χ4v) is 1.67. The van der Waals surface area contributed by atoms with Gasteiger partial charge in [0.15, 0.2) is 17.1 Å². The molecule has 2 rings (SSSR count). The Morgan fingerprint density at radius 2 is 1.87 bits per heavy atom. The molecule has 1 aliphatic heterocycles. The van der Waals surface area contributed by atoms with Crippen LogP contribution in [0.5, 0.6) is 11.5 Å². The molecule has 3 nitrogen and oxygen atoms in total. The van der Waals surface area contributed by atoms with Gasteiger partial charge in [-0.15, -0.1) is 0 Å². The Morgan fingerprint density at radius 3 is 2.47 bits per heavy atom. The number of hydrogen-bond donors (Lipinski definition) is 1. The third-order valence-corrected chi connectivity index (χ3v) is 2.81. The normalized spacial score (nSPS) is 24.0. The number of fused-ring (bicyclic) bond motifs is 1. The Balaban J connectivity index is 2.45. The maximum absolute atomic E-state index is 5.93. The molecule has 1 atom stereocenters. The van der Waals surface area contributed by atoms with Crippen LogP contribution in [-0.2, 0) is 0 Å². The lowest BCUT2D eigenvalue weighted by atomic mass is 10.0. The van der Waals surface area contributed by atoms with E-state index in [2.05, 4.69) is 0 Å². The molecule has 1 aliphatic rings. The molecule has 15 heavy (non-hydrogen) atoms. The minimum atomic E-state index is -0.397. The van der Waals surface area contributed by atoms with Gasteiger partial charge >= 0.3 is 0 Å². The topological polar surface area (TPSA) is 44.5 Å². The van der Waals surface area contributed by atoms with E-state index >= 15 is 0 Å². The van der Waals surface area contributed by atoms with Crippen molar-refractivity contribution in [3.63, 3.8) is 0 Å². The minimum absolute atomic E-state index is 0.397. The highest BCUT2D eigenvalue weighted by Gasteiger charge is 2.33. The molecule has 0 bridgehead atoms. The van der Waals surface area contributed by atoms with Gasteiger partial charge in [0, 0.05) is 6.54 Å². The Labute approximate surface area is 90.2 Å². The zero-order valence-corrected chi connectivity index (χ0v) is 9.46. The van der Waals surface area contributed by atoms with E-state index in [1.165, 1.54) is 0 Å². The second kappa shape index (κ2) is 3.42. The Hall–Kier alpha value is -1.22. The molecular weight excluding hydrogens is 190 g/mol. The number of nitrogens with two attached hydrogens (primary N) is 1. The van der Waals surface area contributed by atoms with Crippen LogP contribution in [0.25, 0.3) is 0 Å². The quantitative estimate of drug-likeness (QED) is 0.763. The molecular formula is C12H17NO2. The molecule has 1 aromatic rings.